The summed E-state index contributed by atoms with van der Waals surface area (Å²) in [6.07, 6.45) is 11.9. The Bertz CT molecular complexity index is 190. The van der Waals surface area contributed by atoms with Gasteiger partial charge in [0.25, 0.3) is 0 Å². The van der Waals surface area contributed by atoms with Crippen LogP contribution in [0.4, 0.5) is 0 Å². The van der Waals surface area contributed by atoms with Crippen molar-refractivity contribution in [3.8, 4) is 0 Å². The van der Waals surface area contributed by atoms with E-state index in [4.69, 9.17) is 0 Å². The van der Waals surface area contributed by atoms with Crippen molar-refractivity contribution in [3.63, 3.8) is 0 Å². The van der Waals surface area contributed by atoms with Crippen LogP contribution in [0.5, 0.6) is 0 Å². The summed E-state index contributed by atoms with van der Waals surface area (Å²) in [5.74, 6) is 2.37. The topological polar surface area (TPSA) is 20.2 Å². The van der Waals surface area contributed by atoms with Gasteiger partial charge in [0.15, 0.2) is 0 Å². The normalized spacial score (nSPS) is 43.6. The second-order valence-corrected chi connectivity index (χ2v) is 5.90. The zero-order valence-electron chi connectivity index (χ0n) is 10.1. The molecule has 2 fully saturated rings. The first kappa shape index (κ1) is 11.4. The summed E-state index contributed by atoms with van der Waals surface area (Å²) < 4.78 is 0. The molecule has 0 spiro atoms. The molecule has 88 valence electrons. The zero-order chi connectivity index (χ0) is 10.7. The highest BCUT2D eigenvalue weighted by Crippen LogP contribution is 2.39. The maximum Gasteiger partial charge on any atom is 0.0571 e. The van der Waals surface area contributed by atoms with Crippen molar-refractivity contribution in [2.45, 2.75) is 70.8 Å². The van der Waals surface area contributed by atoms with Crippen molar-refractivity contribution in [2.24, 2.45) is 17.8 Å². The van der Waals surface area contributed by atoms with E-state index >= 15 is 0 Å². The van der Waals surface area contributed by atoms with Crippen molar-refractivity contribution in [2.75, 3.05) is 0 Å². The summed E-state index contributed by atoms with van der Waals surface area (Å²) in [6, 6.07) is 0. The number of hydrogen-bond donors (Lipinski definition) is 1. The lowest BCUT2D eigenvalue weighted by Crippen LogP contribution is -2.30. The van der Waals surface area contributed by atoms with Crippen molar-refractivity contribution < 1.29 is 5.11 Å². The lowest BCUT2D eigenvalue weighted by molar-refractivity contribution is 0.0454. The molecule has 0 amide bonds. The van der Waals surface area contributed by atoms with Crippen LogP contribution in [0.15, 0.2) is 0 Å². The van der Waals surface area contributed by atoms with Crippen LogP contribution in [0.2, 0.25) is 0 Å². The largest absolute Gasteiger partial charge is 0.393 e. The molecule has 0 bridgehead atoms. The second-order valence-electron chi connectivity index (χ2n) is 5.90. The van der Waals surface area contributed by atoms with E-state index in [1.165, 1.54) is 51.4 Å². The molecular weight excluding hydrogens is 184 g/mol. The fourth-order valence-electron chi connectivity index (χ4n) is 3.74. The van der Waals surface area contributed by atoms with E-state index in [1.807, 2.05) is 0 Å². The van der Waals surface area contributed by atoms with Crippen LogP contribution < -0.4 is 0 Å². The van der Waals surface area contributed by atoms with Crippen LogP contribution in [0.1, 0.15) is 64.7 Å². The number of rotatable bonds is 1. The number of aliphatic hydroxyl groups excluding tert-OH is 1. The van der Waals surface area contributed by atoms with Gasteiger partial charge in [-0.05, 0) is 37.0 Å². The van der Waals surface area contributed by atoms with Crippen molar-refractivity contribution in [1.82, 2.24) is 0 Å². The molecule has 0 aromatic carbocycles. The molecule has 2 saturated carbocycles. The Labute approximate surface area is 94.3 Å². The van der Waals surface area contributed by atoms with Gasteiger partial charge in [-0.2, -0.15) is 0 Å². The molecule has 2 rings (SSSR count). The molecule has 0 radical (unpaired) electrons. The predicted octanol–water partition coefficient (Wildman–Crippen LogP) is 3.75. The molecule has 2 aliphatic carbocycles. The third kappa shape index (κ3) is 2.96. The Morgan fingerprint density at radius 2 is 1.67 bits per heavy atom. The lowest BCUT2D eigenvalue weighted by atomic mass is 9.72. The van der Waals surface area contributed by atoms with Gasteiger partial charge in [0.05, 0.1) is 6.10 Å². The third-order valence-electron chi connectivity index (χ3n) is 4.61. The molecular formula is C14H26O. The molecule has 1 nitrogen and oxygen atoms in total. The van der Waals surface area contributed by atoms with Crippen LogP contribution in [0.25, 0.3) is 0 Å². The quantitative estimate of drug-likeness (QED) is 0.653. The highest BCUT2D eigenvalue weighted by atomic mass is 16.3. The van der Waals surface area contributed by atoms with Crippen LogP contribution in [-0.2, 0) is 0 Å². The lowest BCUT2D eigenvalue weighted by Gasteiger charge is -2.35. The monoisotopic (exact) mass is 210 g/mol. The first-order chi connectivity index (χ1) is 7.27. The standard InChI is InChI=1S/C14H26O/c1-11-6-5-7-12(10-11)13-8-3-2-4-9-14(13)15/h11-15H,2-10H2,1H3. The highest BCUT2D eigenvalue weighted by Gasteiger charge is 2.31. The predicted molar refractivity (Wildman–Crippen MR) is 63.7 cm³/mol. The minimum atomic E-state index is 0.0165. The molecule has 0 saturated heterocycles. The van der Waals surface area contributed by atoms with E-state index in [1.54, 1.807) is 0 Å². The molecule has 2 aliphatic rings. The zero-order valence-corrected chi connectivity index (χ0v) is 10.1. The summed E-state index contributed by atoms with van der Waals surface area (Å²) in [5, 5.41) is 10.2. The Morgan fingerprint density at radius 1 is 0.867 bits per heavy atom. The molecule has 0 aromatic heterocycles. The average Bonchev–Trinajstić information content (AvgIpc) is 2.43. The minimum absolute atomic E-state index is 0.0165. The first-order valence-corrected chi connectivity index (χ1v) is 6.95. The summed E-state index contributed by atoms with van der Waals surface area (Å²) in [7, 11) is 0. The van der Waals surface area contributed by atoms with E-state index < -0.39 is 0 Å². The minimum Gasteiger partial charge on any atom is -0.393 e. The van der Waals surface area contributed by atoms with Gasteiger partial charge >= 0.3 is 0 Å². The van der Waals surface area contributed by atoms with Crippen LogP contribution in [-0.4, -0.2) is 11.2 Å². The van der Waals surface area contributed by atoms with E-state index in [9.17, 15) is 5.11 Å². The van der Waals surface area contributed by atoms with Gasteiger partial charge in [0.2, 0.25) is 0 Å². The van der Waals surface area contributed by atoms with E-state index in [-0.39, 0.29) is 6.10 Å². The molecule has 15 heavy (non-hydrogen) atoms. The summed E-state index contributed by atoms with van der Waals surface area (Å²) >= 11 is 0. The molecule has 0 heterocycles. The van der Waals surface area contributed by atoms with Gasteiger partial charge in [0, 0.05) is 0 Å². The van der Waals surface area contributed by atoms with Gasteiger partial charge in [-0.1, -0.05) is 45.4 Å². The first-order valence-electron chi connectivity index (χ1n) is 6.95. The summed E-state index contributed by atoms with van der Waals surface area (Å²) in [5.41, 5.74) is 0. The molecule has 4 unspecified atom stereocenters. The molecule has 0 aliphatic heterocycles. The van der Waals surface area contributed by atoms with Gasteiger partial charge in [-0.3, -0.25) is 0 Å². The Balaban J connectivity index is 1.94. The van der Waals surface area contributed by atoms with Crippen LogP contribution >= 0.6 is 0 Å². The van der Waals surface area contributed by atoms with Crippen molar-refractivity contribution >= 4 is 0 Å². The third-order valence-corrected chi connectivity index (χ3v) is 4.61. The Hall–Kier alpha value is -0.0400. The Kier molecular flexibility index (Phi) is 4.07. The Morgan fingerprint density at radius 3 is 2.47 bits per heavy atom. The van der Waals surface area contributed by atoms with Crippen LogP contribution in [0, 0.1) is 17.8 Å². The van der Waals surface area contributed by atoms with E-state index in [0.29, 0.717) is 5.92 Å². The number of aliphatic hydroxyl groups is 1. The maximum atomic E-state index is 10.2. The summed E-state index contributed by atoms with van der Waals surface area (Å²) in [4.78, 5) is 0. The van der Waals surface area contributed by atoms with Crippen LogP contribution in [0.3, 0.4) is 0 Å². The van der Waals surface area contributed by atoms with E-state index in [2.05, 4.69) is 6.92 Å². The fourth-order valence-corrected chi connectivity index (χ4v) is 3.74. The van der Waals surface area contributed by atoms with Gasteiger partial charge in [-0.25, -0.2) is 0 Å². The fraction of sp³-hybridized carbons (Fsp3) is 1.00. The molecule has 4 atom stereocenters. The molecule has 0 aromatic rings. The summed E-state index contributed by atoms with van der Waals surface area (Å²) in [6.45, 7) is 2.38. The van der Waals surface area contributed by atoms with E-state index in [0.717, 1.165) is 18.3 Å². The van der Waals surface area contributed by atoms with Gasteiger partial charge in [-0.15, -0.1) is 0 Å². The second kappa shape index (κ2) is 5.34. The smallest absolute Gasteiger partial charge is 0.0571 e. The SMILES string of the molecule is CC1CCCC(C2CCCCCC2O)C1. The molecule has 1 heteroatoms. The number of hydrogen-bond acceptors (Lipinski definition) is 1. The average molecular weight is 210 g/mol. The molecule has 1 N–H and O–H groups in total. The maximum absolute atomic E-state index is 10.2. The van der Waals surface area contributed by atoms with Crippen molar-refractivity contribution in [1.29, 1.82) is 0 Å². The van der Waals surface area contributed by atoms with Crippen molar-refractivity contribution in [3.05, 3.63) is 0 Å². The van der Waals surface area contributed by atoms with Gasteiger partial charge in [0.1, 0.15) is 0 Å². The highest BCUT2D eigenvalue weighted by molar-refractivity contribution is 4.82. The van der Waals surface area contributed by atoms with Gasteiger partial charge < -0.3 is 5.11 Å².